The molecule has 0 radical (unpaired) electrons. The maximum atomic E-state index is 13.5. The molecule has 4 rings (SSSR count). The number of nitrogens with zero attached hydrogens (tertiary/aromatic N) is 6. The SMILES string of the molecule is CC[C@@H](O)c1cc2n(n1)CCCN(C(=O)c1cc(C)nc3c1c(C)nn3C)C2. The van der Waals surface area contributed by atoms with Gasteiger partial charge in [0.25, 0.3) is 5.91 Å². The predicted molar refractivity (Wildman–Crippen MR) is 105 cm³/mol. The molecular formula is C20H26N6O2. The van der Waals surface area contributed by atoms with Crippen LogP contribution in [-0.2, 0) is 20.1 Å². The molecule has 4 heterocycles. The first-order valence-corrected chi connectivity index (χ1v) is 9.74. The fourth-order valence-corrected chi connectivity index (χ4v) is 3.94. The van der Waals surface area contributed by atoms with E-state index in [0.29, 0.717) is 30.8 Å². The van der Waals surface area contributed by atoms with Crippen molar-refractivity contribution in [3.8, 4) is 0 Å². The summed E-state index contributed by atoms with van der Waals surface area (Å²) in [7, 11) is 1.85. The Morgan fingerprint density at radius 3 is 2.79 bits per heavy atom. The third-order valence-corrected chi connectivity index (χ3v) is 5.38. The highest BCUT2D eigenvalue weighted by Gasteiger charge is 2.26. The number of aliphatic hydroxyl groups excluding tert-OH is 1. The zero-order valence-corrected chi connectivity index (χ0v) is 16.8. The number of aromatic nitrogens is 5. The molecule has 3 aromatic heterocycles. The number of amides is 1. The van der Waals surface area contributed by atoms with E-state index in [0.717, 1.165) is 41.1 Å². The van der Waals surface area contributed by atoms with E-state index in [1.807, 2.05) is 49.5 Å². The molecule has 8 nitrogen and oxygen atoms in total. The lowest BCUT2D eigenvalue weighted by Gasteiger charge is -2.21. The molecule has 0 aliphatic carbocycles. The Balaban J connectivity index is 1.71. The number of carbonyl (C=O) groups is 1. The Hall–Kier alpha value is -2.74. The van der Waals surface area contributed by atoms with Crippen LogP contribution >= 0.6 is 0 Å². The first kappa shape index (κ1) is 18.6. The highest BCUT2D eigenvalue weighted by Crippen LogP contribution is 2.25. The summed E-state index contributed by atoms with van der Waals surface area (Å²) in [4.78, 5) is 19.9. The van der Waals surface area contributed by atoms with E-state index < -0.39 is 6.10 Å². The second kappa shape index (κ2) is 7.01. The van der Waals surface area contributed by atoms with E-state index in [4.69, 9.17) is 0 Å². The molecule has 0 unspecified atom stereocenters. The minimum Gasteiger partial charge on any atom is -0.387 e. The van der Waals surface area contributed by atoms with Gasteiger partial charge < -0.3 is 10.0 Å². The van der Waals surface area contributed by atoms with Crippen LogP contribution in [0.2, 0.25) is 0 Å². The summed E-state index contributed by atoms with van der Waals surface area (Å²) < 4.78 is 3.65. The summed E-state index contributed by atoms with van der Waals surface area (Å²) in [6.07, 6.45) is 0.874. The van der Waals surface area contributed by atoms with Gasteiger partial charge in [-0.25, -0.2) is 4.98 Å². The maximum Gasteiger partial charge on any atom is 0.255 e. The number of pyridine rings is 1. The number of hydrogen-bond donors (Lipinski definition) is 1. The number of hydrogen-bond acceptors (Lipinski definition) is 5. The molecule has 0 spiro atoms. The van der Waals surface area contributed by atoms with Gasteiger partial charge in [0.15, 0.2) is 5.65 Å². The summed E-state index contributed by atoms with van der Waals surface area (Å²) in [5.74, 6) is -0.0150. The van der Waals surface area contributed by atoms with Gasteiger partial charge in [-0.3, -0.25) is 14.2 Å². The third-order valence-electron chi connectivity index (χ3n) is 5.38. The normalized spacial score (nSPS) is 15.5. The van der Waals surface area contributed by atoms with Crippen LogP contribution in [0.5, 0.6) is 0 Å². The molecule has 28 heavy (non-hydrogen) atoms. The van der Waals surface area contributed by atoms with Crippen LogP contribution in [0.3, 0.4) is 0 Å². The van der Waals surface area contributed by atoms with Crippen molar-refractivity contribution >= 4 is 16.9 Å². The highest BCUT2D eigenvalue weighted by molar-refractivity contribution is 6.06. The number of aryl methyl sites for hydroxylation is 4. The van der Waals surface area contributed by atoms with Crippen molar-refractivity contribution in [3.63, 3.8) is 0 Å². The summed E-state index contributed by atoms with van der Waals surface area (Å²) >= 11 is 0. The van der Waals surface area contributed by atoms with Crippen LogP contribution < -0.4 is 0 Å². The predicted octanol–water partition coefficient (Wildman–Crippen LogP) is 2.27. The number of carbonyl (C=O) groups excluding carboxylic acids is 1. The molecule has 1 N–H and O–H groups in total. The van der Waals surface area contributed by atoms with Crippen molar-refractivity contribution in [1.29, 1.82) is 0 Å². The van der Waals surface area contributed by atoms with Gasteiger partial charge in [-0.1, -0.05) is 6.92 Å². The van der Waals surface area contributed by atoms with E-state index in [-0.39, 0.29) is 5.91 Å². The second-order valence-corrected chi connectivity index (χ2v) is 7.51. The van der Waals surface area contributed by atoms with Crippen molar-refractivity contribution in [2.24, 2.45) is 7.05 Å². The van der Waals surface area contributed by atoms with Crippen molar-refractivity contribution in [2.75, 3.05) is 6.54 Å². The number of aliphatic hydroxyl groups is 1. The largest absolute Gasteiger partial charge is 0.387 e. The lowest BCUT2D eigenvalue weighted by atomic mass is 10.1. The van der Waals surface area contributed by atoms with Crippen LogP contribution in [0, 0.1) is 13.8 Å². The summed E-state index contributed by atoms with van der Waals surface area (Å²) in [6.45, 7) is 7.62. The molecule has 0 bridgehead atoms. The first-order chi connectivity index (χ1) is 13.4. The van der Waals surface area contributed by atoms with Gasteiger partial charge in [0.1, 0.15) is 0 Å². The van der Waals surface area contributed by atoms with Crippen LogP contribution in [0.1, 0.15) is 59.0 Å². The molecule has 1 aliphatic heterocycles. The number of fused-ring (bicyclic) bond motifs is 2. The Morgan fingerprint density at radius 2 is 2.04 bits per heavy atom. The summed E-state index contributed by atoms with van der Waals surface area (Å²) in [5.41, 5.74) is 4.62. The molecule has 0 aromatic carbocycles. The van der Waals surface area contributed by atoms with Gasteiger partial charge in [-0.15, -0.1) is 0 Å². The molecule has 3 aromatic rings. The van der Waals surface area contributed by atoms with E-state index in [2.05, 4.69) is 15.2 Å². The van der Waals surface area contributed by atoms with Crippen molar-refractivity contribution in [1.82, 2.24) is 29.4 Å². The molecular weight excluding hydrogens is 356 g/mol. The molecule has 1 amide bonds. The summed E-state index contributed by atoms with van der Waals surface area (Å²) in [6, 6.07) is 3.77. The molecule has 0 fully saturated rings. The summed E-state index contributed by atoms with van der Waals surface area (Å²) in [5, 5.41) is 19.9. The smallest absolute Gasteiger partial charge is 0.255 e. The van der Waals surface area contributed by atoms with Crippen molar-refractivity contribution < 1.29 is 9.90 Å². The average Bonchev–Trinajstić information content (AvgIpc) is 3.12. The van der Waals surface area contributed by atoms with Gasteiger partial charge in [0.05, 0.1) is 40.7 Å². The fourth-order valence-electron chi connectivity index (χ4n) is 3.94. The van der Waals surface area contributed by atoms with Crippen LogP contribution in [-0.4, -0.2) is 47.0 Å². The monoisotopic (exact) mass is 382 g/mol. The van der Waals surface area contributed by atoms with Gasteiger partial charge in [-0.2, -0.15) is 10.2 Å². The Labute approximate surface area is 163 Å². The van der Waals surface area contributed by atoms with E-state index >= 15 is 0 Å². The number of rotatable bonds is 3. The maximum absolute atomic E-state index is 13.5. The highest BCUT2D eigenvalue weighted by atomic mass is 16.3. The lowest BCUT2D eigenvalue weighted by Crippen LogP contribution is -2.31. The lowest BCUT2D eigenvalue weighted by molar-refractivity contribution is 0.0747. The third kappa shape index (κ3) is 3.07. The molecule has 8 heteroatoms. The fraction of sp³-hybridized carbons (Fsp3) is 0.500. The second-order valence-electron chi connectivity index (χ2n) is 7.51. The quantitative estimate of drug-likeness (QED) is 0.751. The Bertz CT molecular complexity index is 1050. The molecule has 1 aliphatic rings. The van der Waals surface area contributed by atoms with Crippen molar-refractivity contribution in [3.05, 3.63) is 40.5 Å². The Kier molecular flexibility index (Phi) is 4.66. The molecule has 0 saturated heterocycles. The van der Waals surface area contributed by atoms with E-state index in [1.54, 1.807) is 4.68 Å². The van der Waals surface area contributed by atoms with Crippen LogP contribution in [0.4, 0.5) is 0 Å². The zero-order valence-electron chi connectivity index (χ0n) is 16.8. The average molecular weight is 382 g/mol. The van der Waals surface area contributed by atoms with Gasteiger partial charge in [0.2, 0.25) is 0 Å². The van der Waals surface area contributed by atoms with Crippen molar-refractivity contribution in [2.45, 2.75) is 52.8 Å². The van der Waals surface area contributed by atoms with Gasteiger partial charge >= 0.3 is 0 Å². The molecule has 0 saturated carbocycles. The topological polar surface area (TPSA) is 89.1 Å². The van der Waals surface area contributed by atoms with Crippen LogP contribution in [0.25, 0.3) is 11.0 Å². The van der Waals surface area contributed by atoms with Gasteiger partial charge in [0, 0.05) is 25.8 Å². The van der Waals surface area contributed by atoms with Gasteiger partial charge in [-0.05, 0) is 38.8 Å². The minimum absolute atomic E-state index is 0.0150. The van der Waals surface area contributed by atoms with E-state index in [9.17, 15) is 9.90 Å². The molecule has 1 atom stereocenters. The zero-order chi connectivity index (χ0) is 20.0. The minimum atomic E-state index is -0.566. The first-order valence-electron chi connectivity index (χ1n) is 9.74. The van der Waals surface area contributed by atoms with E-state index in [1.165, 1.54) is 0 Å². The standard InChI is InChI=1S/C20H26N6O2/c1-5-17(27)16-10-14-11-25(7-6-8-26(14)23-16)20(28)15-9-12(2)21-19-18(15)13(3)22-24(19)4/h9-10,17,27H,5-8,11H2,1-4H3/t17-/m1/s1. The molecule has 148 valence electrons. The Morgan fingerprint density at radius 1 is 1.25 bits per heavy atom. The van der Waals surface area contributed by atoms with Crippen LogP contribution in [0.15, 0.2) is 12.1 Å².